The molecular weight excluding hydrogens is 254 g/mol. The van der Waals surface area contributed by atoms with Crippen molar-refractivity contribution in [1.29, 1.82) is 0 Å². The molecule has 2 aromatic heterocycles. The lowest BCUT2D eigenvalue weighted by Gasteiger charge is -1.91. The number of hydrogen-bond donors (Lipinski definition) is 1. The molecule has 19 heavy (non-hydrogen) atoms. The molecule has 0 aliphatic rings. The van der Waals surface area contributed by atoms with E-state index in [1.54, 1.807) is 13.8 Å². The Hall–Kier alpha value is -2.64. The molecule has 2 aromatic rings. The highest BCUT2D eigenvalue weighted by Gasteiger charge is 2.19. The SMILES string of the molecule is Cc1cn(Cc2cc(C(=O)O)c(C)o2)nc1[N+](=O)[O-]. The van der Waals surface area contributed by atoms with Gasteiger partial charge < -0.3 is 19.6 Å². The van der Waals surface area contributed by atoms with Crippen molar-refractivity contribution in [3.05, 3.63) is 45.0 Å². The maximum Gasteiger partial charge on any atom is 0.392 e. The van der Waals surface area contributed by atoms with Crippen molar-refractivity contribution in [3.8, 4) is 0 Å². The van der Waals surface area contributed by atoms with Crippen LogP contribution in [0.1, 0.15) is 27.4 Å². The minimum atomic E-state index is -1.07. The third-order valence-electron chi connectivity index (χ3n) is 2.61. The van der Waals surface area contributed by atoms with Gasteiger partial charge in [0.05, 0.1) is 16.9 Å². The second kappa shape index (κ2) is 4.56. The van der Waals surface area contributed by atoms with Crippen molar-refractivity contribution in [1.82, 2.24) is 9.78 Å². The Balaban J connectivity index is 2.26. The van der Waals surface area contributed by atoms with E-state index in [1.807, 2.05) is 0 Å². The van der Waals surface area contributed by atoms with Gasteiger partial charge in [0.2, 0.25) is 0 Å². The number of aromatic carboxylic acids is 1. The number of aryl methyl sites for hydroxylation is 2. The molecule has 0 atom stereocenters. The molecule has 0 aliphatic heterocycles. The fraction of sp³-hybridized carbons (Fsp3) is 0.273. The van der Waals surface area contributed by atoms with Gasteiger partial charge in [0, 0.05) is 0 Å². The van der Waals surface area contributed by atoms with Crippen molar-refractivity contribution >= 4 is 11.8 Å². The first-order valence-corrected chi connectivity index (χ1v) is 5.39. The summed E-state index contributed by atoms with van der Waals surface area (Å²) in [5.41, 5.74) is 0.514. The van der Waals surface area contributed by atoms with Gasteiger partial charge in [-0.2, -0.15) is 4.68 Å². The number of carboxylic acid groups (broad SMARTS) is 1. The van der Waals surface area contributed by atoms with Gasteiger partial charge in [-0.1, -0.05) is 0 Å². The van der Waals surface area contributed by atoms with Crippen LogP contribution in [0, 0.1) is 24.0 Å². The summed E-state index contributed by atoms with van der Waals surface area (Å²) in [5.74, 6) is -0.620. The first-order valence-electron chi connectivity index (χ1n) is 5.39. The monoisotopic (exact) mass is 265 g/mol. The van der Waals surface area contributed by atoms with Gasteiger partial charge in [-0.3, -0.25) is 0 Å². The number of nitro groups is 1. The van der Waals surface area contributed by atoms with Gasteiger partial charge in [0.1, 0.15) is 23.6 Å². The molecule has 2 rings (SSSR count). The Kier molecular flexibility index (Phi) is 3.07. The van der Waals surface area contributed by atoms with E-state index in [0.717, 1.165) is 0 Å². The Labute approximate surface area is 107 Å². The molecule has 8 heteroatoms. The number of carbonyl (C=O) groups is 1. The largest absolute Gasteiger partial charge is 0.478 e. The lowest BCUT2D eigenvalue weighted by Crippen LogP contribution is -2.00. The summed E-state index contributed by atoms with van der Waals surface area (Å²) in [6, 6.07) is 1.39. The van der Waals surface area contributed by atoms with Gasteiger partial charge in [-0.05, 0) is 24.8 Å². The fourth-order valence-corrected chi connectivity index (χ4v) is 1.77. The standard InChI is InChI=1S/C11H11N3O5/c1-6-4-13(12-10(6)14(17)18)5-8-3-9(11(15)16)7(2)19-8/h3-4H,5H2,1-2H3,(H,15,16). The normalized spacial score (nSPS) is 10.6. The van der Waals surface area contributed by atoms with Crippen LogP contribution in [0.5, 0.6) is 0 Å². The second-order valence-corrected chi connectivity index (χ2v) is 4.08. The Bertz CT molecular complexity index is 599. The van der Waals surface area contributed by atoms with Crippen LogP contribution in [0.3, 0.4) is 0 Å². The summed E-state index contributed by atoms with van der Waals surface area (Å²) in [4.78, 5) is 21.0. The van der Waals surface area contributed by atoms with E-state index in [0.29, 0.717) is 17.1 Å². The van der Waals surface area contributed by atoms with Crippen LogP contribution < -0.4 is 0 Å². The summed E-state index contributed by atoms with van der Waals surface area (Å²) in [6.45, 7) is 3.27. The molecule has 0 aromatic carbocycles. The first-order chi connectivity index (χ1) is 8.88. The van der Waals surface area contributed by atoms with Crippen molar-refractivity contribution < 1.29 is 19.2 Å². The summed E-state index contributed by atoms with van der Waals surface area (Å²) in [7, 11) is 0. The van der Waals surface area contributed by atoms with Crippen LogP contribution in [0.2, 0.25) is 0 Å². The maximum atomic E-state index is 10.9. The summed E-state index contributed by atoms with van der Waals surface area (Å²) < 4.78 is 6.62. The maximum absolute atomic E-state index is 10.9. The number of rotatable bonds is 4. The molecule has 0 bridgehead atoms. The molecule has 0 spiro atoms. The van der Waals surface area contributed by atoms with Crippen LogP contribution in [0.4, 0.5) is 5.82 Å². The number of aromatic nitrogens is 2. The first kappa shape index (κ1) is 12.8. The summed E-state index contributed by atoms with van der Waals surface area (Å²) >= 11 is 0. The predicted octanol–water partition coefficient (Wildman–Crippen LogP) is 1.75. The summed E-state index contributed by atoms with van der Waals surface area (Å²) in [6.07, 6.45) is 1.51. The molecular formula is C11H11N3O5. The fourth-order valence-electron chi connectivity index (χ4n) is 1.77. The highest BCUT2D eigenvalue weighted by molar-refractivity contribution is 5.88. The van der Waals surface area contributed by atoms with Gasteiger partial charge in [-0.15, -0.1) is 0 Å². The van der Waals surface area contributed by atoms with Crippen LogP contribution in [0.15, 0.2) is 16.7 Å². The van der Waals surface area contributed by atoms with Gasteiger partial charge in [0.15, 0.2) is 0 Å². The minimum absolute atomic E-state index is 0.0772. The topological polar surface area (TPSA) is 111 Å². The molecule has 2 heterocycles. The predicted molar refractivity (Wildman–Crippen MR) is 63.1 cm³/mol. The molecule has 0 saturated heterocycles. The zero-order valence-corrected chi connectivity index (χ0v) is 10.3. The molecule has 0 unspecified atom stereocenters. The van der Waals surface area contributed by atoms with Crippen molar-refractivity contribution in [2.75, 3.05) is 0 Å². The van der Waals surface area contributed by atoms with E-state index in [4.69, 9.17) is 9.52 Å². The lowest BCUT2D eigenvalue weighted by atomic mass is 10.2. The Morgan fingerprint density at radius 2 is 2.26 bits per heavy atom. The highest BCUT2D eigenvalue weighted by Crippen LogP contribution is 2.18. The number of furan rings is 1. The average Bonchev–Trinajstić information content (AvgIpc) is 2.82. The van der Waals surface area contributed by atoms with E-state index in [9.17, 15) is 14.9 Å². The second-order valence-electron chi connectivity index (χ2n) is 4.08. The quantitative estimate of drug-likeness (QED) is 0.665. The Morgan fingerprint density at radius 3 is 2.74 bits per heavy atom. The molecule has 100 valence electrons. The summed E-state index contributed by atoms with van der Waals surface area (Å²) in [5, 5.41) is 23.4. The van der Waals surface area contributed by atoms with Crippen molar-refractivity contribution in [2.45, 2.75) is 20.4 Å². The zero-order valence-electron chi connectivity index (χ0n) is 10.3. The molecule has 1 N–H and O–H groups in total. The van der Waals surface area contributed by atoms with E-state index in [2.05, 4.69) is 5.10 Å². The van der Waals surface area contributed by atoms with Crippen LogP contribution in [-0.4, -0.2) is 25.8 Å². The van der Waals surface area contributed by atoms with Crippen molar-refractivity contribution in [3.63, 3.8) is 0 Å². The highest BCUT2D eigenvalue weighted by atomic mass is 16.6. The van der Waals surface area contributed by atoms with Gasteiger partial charge >= 0.3 is 11.8 Å². The van der Waals surface area contributed by atoms with Crippen molar-refractivity contribution in [2.24, 2.45) is 0 Å². The van der Waals surface area contributed by atoms with E-state index in [-0.39, 0.29) is 17.9 Å². The molecule has 8 nitrogen and oxygen atoms in total. The average molecular weight is 265 g/mol. The molecule has 0 fully saturated rings. The Morgan fingerprint density at radius 1 is 1.58 bits per heavy atom. The number of hydrogen-bond acceptors (Lipinski definition) is 5. The number of carboxylic acids is 1. The molecule has 0 radical (unpaired) electrons. The van der Waals surface area contributed by atoms with Crippen LogP contribution in [0.25, 0.3) is 0 Å². The van der Waals surface area contributed by atoms with Crippen LogP contribution in [-0.2, 0) is 6.54 Å². The minimum Gasteiger partial charge on any atom is -0.478 e. The number of nitrogens with zero attached hydrogens (tertiary/aromatic N) is 3. The third kappa shape index (κ3) is 2.46. The third-order valence-corrected chi connectivity index (χ3v) is 2.61. The molecule has 0 saturated carbocycles. The van der Waals surface area contributed by atoms with Crippen LogP contribution >= 0.6 is 0 Å². The zero-order chi connectivity index (χ0) is 14.2. The smallest absolute Gasteiger partial charge is 0.392 e. The molecule has 0 aliphatic carbocycles. The molecule has 0 amide bonds. The van der Waals surface area contributed by atoms with Gasteiger partial charge in [0.25, 0.3) is 0 Å². The van der Waals surface area contributed by atoms with E-state index in [1.165, 1.54) is 16.9 Å². The van der Waals surface area contributed by atoms with Gasteiger partial charge in [-0.25, -0.2) is 4.79 Å². The van der Waals surface area contributed by atoms with E-state index < -0.39 is 10.9 Å². The lowest BCUT2D eigenvalue weighted by molar-refractivity contribution is -0.390. The van der Waals surface area contributed by atoms with E-state index >= 15 is 0 Å².